The Bertz CT molecular complexity index is 1130. The van der Waals surface area contributed by atoms with Gasteiger partial charge < -0.3 is 14.6 Å². The Morgan fingerprint density at radius 1 is 1.15 bits per heavy atom. The highest BCUT2D eigenvalue weighted by Gasteiger charge is 2.18. The summed E-state index contributed by atoms with van der Waals surface area (Å²) in [5, 5.41) is 13.6. The van der Waals surface area contributed by atoms with Crippen LogP contribution in [0, 0.1) is 10.1 Å². The van der Waals surface area contributed by atoms with Crippen LogP contribution in [0.3, 0.4) is 0 Å². The zero-order valence-electron chi connectivity index (χ0n) is 19.0. The number of rotatable bonds is 8. The lowest BCUT2D eigenvalue weighted by Gasteiger charge is -2.26. The minimum atomic E-state index is -0.481. The summed E-state index contributed by atoms with van der Waals surface area (Å²) in [6, 6.07) is 11.7. The van der Waals surface area contributed by atoms with Crippen molar-refractivity contribution in [1.82, 2.24) is 14.5 Å². The highest BCUT2D eigenvalue weighted by molar-refractivity contribution is 5.94. The molecule has 174 valence electrons. The Hall–Kier alpha value is -3.46. The minimum Gasteiger partial charge on any atom is -0.484 e. The second-order valence-electron chi connectivity index (χ2n) is 8.62. The second kappa shape index (κ2) is 9.99. The van der Waals surface area contributed by atoms with Gasteiger partial charge in [-0.25, -0.2) is 4.98 Å². The van der Waals surface area contributed by atoms with Gasteiger partial charge in [0.1, 0.15) is 11.6 Å². The lowest BCUT2D eigenvalue weighted by molar-refractivity contribution is -0.384. The first-order chi connectivity index (χ1) is 15.9. The van der Waals surface area contributed by atoms with Crippen molar-refractivity contribution in [2.24, 2.45) is 0 Å². The number of hydrogen-bond donors (Lipinski definition) is 1. The van der Waals surface area contributed by atoms with Crippen LogP contribution < -0.4 is 10.1 Å². The Balaban J connectivity index is 1.43. The molecule has 3 aromatic rings. The van der Waals surface area contributed by atoms with Gasteiger partial charge in [0.2, 0.25) is 0 Å². The highest BCUT2D eigenvalue weighted by atomic mass is 16.6. The van der Waals surface area contributed by atoms with Crippen molar-refractivity contribution in [2.75, 3.05) is 25.0 Å². The molecule has 0 saturated carbocycles. The molecule has 1 N–H and O–H groups in total. The van der Waals surface area contributed by atoms with E-state index in [0.717, 1.165) is 36.5 Å². The van der Waals surface area contributed by atoms with E-state index in [2.05, 4.69) is 28.6 Å². The van der Waals surface area contributed by atoms with Crippen LogP contribution in [0.15, 0.2) is 42.5 Å². The molecule has 0 radical (unpaired) electrons. The molecule has 0 bridgehead atoms. The first-order valence-corrected chi connectivity index (χ1v) is 11.3. The molecule has 2 aromatic carbocycles. The number of carbonyl (C=O) groups is 1. The molecular formula is C24H29N5O4. The normalized spacial score (nSPS) is 14.5. The van der Waals surface area contributed by atoms with Crippen LogP contribution in [0.1, 0.15) is 45.0 Å². The first-order valence-electron chi connectivity index (χ1n) is 11.3. The van der Waals surface area contributed by atoms with Gasteiger partial charge in [0.25, 0.3) is 11.6 Å². The molecule has 0 spiro atoms. The van der Waals surface area contributed by atoms with E-state index in [1.54, 1.807) is 0 Å². The van der Waals surface area contributed by atoms with E-state index in [-0.39, 0.29) is 24.2 Å². The molecule has 33 heavy (non-hydrogen) atoms. The number of likely N-dealkylation sites (tertiary alicyclic amines) is 1. The lowest BCUT2D eigenvalue weighted by atomic mass is 10.1. The van der Waals surface area contributed by atoms with Gasteiger partial charge in [0, 0.05) is 23.9 Å². The zero-order valence-corrected chi connectivity index (χ0v) is 19.0. The van der Waals surface area contributed by atoms with Crippen LogP contribution in [0.4, 0.5) is 11.4 Å². The van der Waals surface area contributed by atoms with E-state index in [4.69, 9.17) is 9.72 Å². The smallest absolute Gasteiger partial charge is 0.269 e. The third-order valence-electron chi connectivity index (χ3n) is 5.79. The molecule has 0 aliphatic carbocycles. The summed E-state index contributed by atoms with van der Waals surface area (Å²) in [6.07, 6.45) is 3.77. The number of non-ortho nitro benzene ring substituents is 1. The van der Waals surface area contributed by atoms with Crippen molar-refractivity contribution in [3.63, 3.8) is 0 Å². The molecular weight excluding hydrogens is 422 g/mol. The van der Waals surface area contributed by atoms with Gasteiger partial charge in [-0.05, 0) is 70.1 Å². The van der Waals surface area contributed by atoms with Crippen molar-refractivity contribution in [1.29, 1.82) is 0 Å². The molecule has 1 aliphatic heterocycles. The number of fused-ring (bicyclic) bond motifs is 1. The van der Waals surface area contributed by atoms with Crippen molar-refractivity contribution in [2.45, 2.75) is 45.7 Å². The van der Waals surface area contributed by atoms with Gasteiger partial charge >= 0.3 is 0 Å². The number of nitrogens with zero attached hydrogens (tertiary/aromatic N) is 4. The number of nitrogens with one attached hydrogen (secondary N) is 1. The quantitative estimate of drug-likeness (QED) is 0.399. The molecule has 1 saturated heterocycles. The van der Waals surface area contributed by atoms with Gasteiger partial charge in [-0.1, -0.05) is 6.42 Å². The number of aromatic nitrogens is 2. The molecule has 2 heterocycles. The molecule has 9 heteroatoms. The molecule has 1 fully saturated rings. The van der Waals surface area contributed by atoms with E-state index >= 15 is 0 Å². The molecule has 0 atom stereocenters. The van der Waals surface area contributed by atoms with Crippen LogP contribution in [0.2, 0.25) is 0 Å². The zero-order chi connectivity index (χ0) is 23.4. The number of imidazole rings is 1. The van der Waals surface area contributed by atoms with Gasteiger partial charge in [-0.15, -0.1) is 0 Å². The summed E-state index contributed by atoms with van der Waals surface area (Å²) in [5.41, 5.74) is 2.53. The van der Waals surface area contributed by atoms with Crippen molar-refractivity contribution >= 4 is 28.3 Å². The molecule has 9 nitrogen and oxygen atoms in total. The Morgan fingerprint density at radius 2 is 1.88 bits per heavy atom. The number of carbonyl (C=O) groups excluding carboxylic acids is 1. The van der Waals surface area contributed by atoms with E-state index in [9.17, 15) is 14.9 Å². The van der Waals surface area contributed by atoms with Gasteiger partial charge in [-0.3, -0.25) is 19.8 Å². The number of hydrogen-bond acceptors (Lipinski definition) is 6. The van der Waals surface area contributed by atoms with Crippen LogP contribution in [0.5, 0.6) is 5.75 Å². The maximum Gasteiger partial charge on any atom is 0.269 e. The summed E-state index contributed by atoms with van der Waals surface area (Å²) in [6.45, 7) is 7.17. The maximum absolute atomic E-state index is 12.4. The monoisotopic (exact) mass is 451 g/mol. The topological polar surface area (TPSA) is 103 Å². The Labute approximate surface area is 192 Å². The number of nitro benzene ring substituents is 1. The second-order valence-corrected chi connectivity index (χ2v) is 8.62. The van der Waals surface area contributed by atoms with Crippen LogP contribution in [-0.4, -0.2) is 45.0 Å². The average molecular weight is 452 g/mol. The number of anilines is 1. The number of benzene rings is 2. The molecule has 4 rings (SSSR count). The van der Waals surface area contributed by atoms with Crippen molar-refractivity contribution in [3.05, 3.63) is 58.4 Å². The molecule has 0 unspecified atom stereocenters. The molecule has 1 aromatic heterocycles. The maximum atomic E-state index is 12.4. The highest BCUT2D eigenvalue weighted by Crippen LogP contribution is 2.26. The summed E-state index contributed by atoms with van der Waals surface area (Å²) in [5.74, 6) is 1.13. The van der Waals surface area contributed by atoms with Crippen molar-refractivity contribution < 1.29 is 14.5 Å². The summed E-state index contributed by atoms with van der Waals surface area (Å²) < 4.78 is 7.71. The first kappa shape index (κ1) is 22.7. The third-order valence-corrected chi connectivity index (χ3v) is 5.79. The van der Waals surface area contributed by atoms with E-state index < -0.39 is 4.92 Å². The molecule has 1 aliphatic rings. The lowest BCUT2D eigenvalue weighted by Crippen LogP contribution is -2.30. The number of piperidine rings is 1. The number of amides is 1. The van der Waals surface area contributed by atoms with Crippen LogP contribution in [-0.2, 0) is 11.3 Å². The fourth-order valence-electron chi connectivity index (χ4n) is 4.24. The van der Waals surface area contributed by atoms with Gasteiger partial charge in [-0.2, -0.15) is 0 Å². The largest absolute Gasteiger partial charge is 0.484 e. The summed E-state index contributed by atoms with van der Waals surface area (Å²) in [7, 11) is 0. The summed E-state index contributed by atoms with van der Waals surface area (Å²) >= 11 is 0. The van der Waals surface area contributed by atoms with E-state index in [1.165, 1.54) is 43.5 Å². The predicted molar refractivity (Wildman–Crippen MR) is 126 cm³/mol. The SMILES string of the molecule is CC(C)n1c(CN2CCCCC2)nc2cc(NC(=O)COc3ccc([N+](=O)[O-])cc3)ccc21. The Morgan fingerprint density at radius 3 is 2.55 bits per heavy atom. The van der Waals surface area contributed by atoms with Gasteiger partial charge in [0.15, 0.2) is 6.61 Å². The van der Waals surface area contributed by atoms with E-state index in [0.29, 0.717) is 11.4 Å². The van der Waals surface area contributed by atoms with Crippen LogP contribution in [0.25, 0.3) is 11.0 Å². The Kier molecular flexibility index (Phi) is 6.88. The fraction of sp³-hybridized carbons (Fsp3) is 0.417. The third kappa shape index (κ3) is 5.48. The average Bonchev–Trinajstić information content (AvgIpc) is 3.16. The number of ether oxygens (including phenoxy) is 1. The standard InChI is InChI=1S/C24H29N5O4/c1-17(2)28-22-11-6-18(14-21(22)26-23(28)15-27-12-4-3-5-13-27)25-24(30)16-33-20-9-7-19(8-10-20)29(31)32/h6-11,14,17H,3-5,12-13,15-16H2,1-2H3,(H,25,30). The van der Waals surface area contributed by atoms with Crippen molar-refractivity contribution in [3.8, 4) is 5.75 Å². The van der Waals surface area contributed by atoms with Crippen LogP contribution >= 0.6 is 0 Å². The number of nitro groups is 1. The predicted octanol–water partition coefficient (Wildman–Crippen LogP) is 4.53. The fourth-order valence-corrected chi connectivity index (χ4v) is 4.24. The van der Waals surface area contributed by atoms with Gasteiger partial charge in [0.05, 0.1) is 22.5 Å². The van der Waals surface area contributed by atoms with E-state index in [1.807, 2.05) is 18.2 Å². The minimum absolute atomic E-state index is 0.0272. The molecule has 1 amide bonds. The summed E-state index contributed by atoms with van der Waals surface area (Å²) in [4.78, 5) is 30.0.